The van der Waals surface area contributed by atoms with E-state index < -0.39 is 17.8 Å². The summed E-state index contributed by atoms with van der Waals surface area (Å²) in [6.07, 6.45) is 0. The fraction of sp³-hybridized carbons (Fsp3) is 0.167. The number of aryl methyl sites for hydroxylation is 1. The second-order valence-electron chi connectivity index (χ2n) is 5.27. The Morgan fingerprint density at radius 2 is 1.65 bits per heavy atom. The average Bonchev–Trinajstić information content (AvgIpc) is 2.64. The van der Waals surface area contributed by atoms with Gasteiger partial charge in [0.1, 0.15) is 5.75 Å². The van der Waals surface area contributed by atoms with E-state index >= 15 is 0 Å². The maximum absolute atomic E-state index is 12.0. The van der Waals surface area contributed by atoms with Crippen molar-refractivity contribution in [2.24, 2.45) is 0 Å². The second kappa shape index (κ2) is 8.87. The summed E-state index contributed by atoms with van der Waals surface area (Å²) in [5, 5.41) is 0.574. The summed E-state index contributed by atoms with van der Waals surface area (Å²) in [6.45, 7) is 1.53. The first-order valence-corrected chi connectivity index (χ1v) is 7.95. The molecule has 0 radical (unpaired) electrons. The van der Waals surface area contributed by atoms with E-state index in [4.69, 9.17) is 16.3 Å². The molecule has 2 N–H and O–H groups in total. The molecule has 0 saturated heterocycles. The number of carbonyl (C=O) groups excluding carboxylic acids is 3. The third kappa shape index (κ3) is 5.22. The van der Waals surface area contributed by atoms with Crippen LogP contribution in [0.4, 0.5) is 0 Å². The van der Waals surface area contributed by atoms with Crippen LogP contribution in [-0.2, 0) is 9.53 Å². The Morgan fingerprint density at radius 3 is 2.27 bits per heavy atom. The van der Waals surface area contributed by atoms with Crippen molar-refractivity contribution < 1.29 is 23.9 Å². The van der Waals surface area contributed by atoms with Gasteiger partial charge in [0.25, 0.3) is 11.8 Å². The highest BCUT2D eigenvalue weighted by Gasteiger charge is 2.10. The molecule has 7 nitrogen and oxygen atoms in total. The highest BCUT2D eigenvalue weighted by atomic mass is 35.5. The van der Waals surface area contributed by atoms with Gasteiger partial charge in [-0.3, -0.25) is 20.4 Å². The predicted octanol–water partition coefficient (Wildman–Crippen LogP) is 2.28. The number of hydrazine groups is 1. The smallest absolute Gasteiger partial charge is 0.337 e. The number of ether oxygens (including phenoxy) is 2. The van der Waals surface area contributed by atoms with Gasteiger partial charge in [0.05, 0.1) is 12.7 Å². The van der Waals surface area contributed by atoms with Crippen molar-refractivity contribution in [2.75, 3.05) is 13.7 Å². The minimum absolute atomic E-state index is 0.271. The molecule has 2 aromatic rings. The van der Waals surface area contributed by atoms with Gasteiger partial charge in [-0.25, -0.2) is 4.79 Å². The van der Waals surface area contributed by atoms with Gasteiger partial charge in [0.15, 0.2) is 6.61 Å². The van der Waals surface area contributed by atoms with Gasteiger partial charge in [-0.05, 0) is 55.0 Å². The molecule has 0 saturated carbocycles. The van der Waals surface area contributed by atoms with E-state index in [1.165, 1.54) is 31.4 Å². The van der Waals surface area contributed by atoms with Crippen molar-refractivity contribution in [3.8, 4) is 5.75 Å². The molecule has 0 bridgehead atoms. The fourth-order valence-corrected chi connectivity index (χ4v) is 2.25. The Labute approximate surface area is 155 Å². The maximum Gasteiger partial charge on any atom is 0.337 e. The molecular weight excluding hydrogens is 360 g/mol. The minimum atomic E-state index is -0.530. The molecule has 0 aromatic heterocycles. The van der Waals surface area contributed by atoms with Gasteiger partial charge in [-0.2, -0.15) is 0 Å². The standard InChI is InChI=1S/C18H17ClN2O5/c1-11-9-14(19)7-8-15(11)26-10-16(22)20-21-17(23)12-3-5-13(6-4-12)18(24)25-2/h3-9H,10H2,1-2H3,(H,20,22)(H,21,23). The fourth-order valence-electron chi connectivity index (χ4n) is 2.03. The number of hydrogen-bond acceptors (Lipinski definition) is 5. The van der Waals surface area contributed by atoms with Crippen molar-refractivity contribution in [3.05, 3.63) is 64.2 Å². The van der Waals surface area contributed by atoms with Gasteiger partial charge in [-0.1, -0.05) is 11.6 Å². The summed E-state index contributed by atoms with van der Waals surface area (Å²) in [6, 6.07) is 10.8. The van der Waals surface area contributed by atoms with Crippen LogP contribution in [0.1, 0.15) is 26.3 Å². The van der Waals surface area contributed by atoms with Gasteiger partial charge >= 0.3 is 5.97 Å². The lowest BCUT2D eigenvalue weighted by Crippen LogP contribution is -2.43. The number of nitrogens with one attached hydrogen (secondary N) is 2. The first-order valence-electron chi connectivity index (χ1n) is 7.57. The summed E-state index contributed by atoms with van der Waals surface area (Å²) >= 11 is 5.85. The van der Waals surface area contributed by atoms with Gasteiger partial charge in [-0.15, -0.1) is 0 Å². The van der Waals surface area contributed by atoms with Crippen LogP contribution in [-0.4, -0.2) is 31.5 Å². The lowest BCUT2D eigenvalue weighted by molar-refractivity contribution is -0.123. The number of esters is 1. The van der Waals surface area contributed by atoms with Crippen LogP contribution in [0.25, 0.3) is 0 Å². The summed E-state index contributed by atoms with van der Waals surface area (Å²) < 4.78 is 9.95. The first kappa shape index (κ1) is 19.3. The van der Waals surface area contributed by atoms with Crippen molar-refractivity contribution in [1.29, 1.82) is 0 Å². The van der Waals surface area contributed by atoms with E-state index in [0.717, 1.165) is 5.56 Å². The van der Waals surface area contributed by atoms with Gasteiger partial charge < -0.3 is 9.47 Å². The Bertz CT molecular complexity index is 821. The highest BCUT2D eigenvalue weighted by Crippen LogP contribution is 2.21. The zero-order chi connectivity index (χ0) is 19.1. The van der Waals surface area contributed by atoms with Crippen molar-refractivity contribution >= 4 is 29.4 Å². The van der Waals surface area contributed by atoms with Gasteiger partial charge in [0, 0.05) is 10.6 Å². The van der Waals surface area contributed by atoms with Crippen LogP contribution >= 0.6 is 11.6 Å². The molecule has 2 amide bonds. The van der Waals surface area contributed by atoms with E-state index in [1.807, 2.05) is 0 Å². The number of methoxy groups -OCH3 is 1. The van der Waals surface area contributed by atoms with E-state index in [-0.39, 0.29) is 12.2 Å². The molecule has 0 fully saturated rings. The Kier molecular flexibility index (Phi) is 6.57. The third-order valence-electron chi connectivity index (χ3n) is 3.38. The highest BCUT2D eigenvalue weighted by molar-refractivity contribution is 6.30. The lowest BCUT2D eigenvalue weighted by Gasteiger charge is -2.10. The monoisotopic (exact) mass is 376 g/mol. The van der Waals surface area contributed by atoms with Crippen molar-refractivity contribution in [2.45, 2.75) is 6.92 Å². The Morgan fingerprint density at radius 1 is 1.00 bits per heavy atom. The normalized spacial score (nSPS) is 9.96. The van der Waals surface area contributed by atoms with E-state index in [1.54, 1.807) is 25.1 Å². The largest absolute Gasteiger partial charge is 0.483 e. The van der Waals surface area contributed by atoms with Crippen LogP contribution in [0.3, 0.4) is 0 Å². The molecule has 26 heavy (non-hydrogen) atoms. The second-order valence-corrected chi connectivity index (χ2v) is 5.71. The summed E-state index contributed by atoms with van der Waals surface area (Å²) in [7, 11) is 1.27. The quantitative estimate of drug-likeness (QED) is 0.616. The number of rotatable bonds is 5. The SMILES string of the molecule is COC(=O)c1ccc(C(=O)NNC(=O)COc2ccc(Cl)cc2C)cc1. The van der Waals surface area contributed by atoms with Crippen molar-refractivity contribution in [1.82, 2.24) is 10.9 Å². The predicted molar refractivity (Wildman–Crippen MR) is 95.1 cm³/mol. The molecule has 0 aliphatic carbocycles. The molecule has 136 valence electrons. The van der Waals surface area contributed by atoms with E-state index in [0.29, 0.717) is 16.3 Å². The number of benzene rings is 2. The topological polar surface area (TPSA) is 93.7 Å². The molecule has 0 spiro atoms. The first-order chi connectivity index (χ1) is 12.4. The molecule has 2 rings (SSSR count). The number of hydrogen-bond donors (Lipinski definition) is 2. The molecule has 8 heteroatoms. The molecular formula is C18H17ClN2O5. The Balaban J connectivity index is 1.82. The summed E-state index contributed by atoms with van der Waals surface area (Å²) in [5.41, 5.74) is 5.90. The minimum Gasteiger partial charge on any atom is -0.483 e. The van der Waals surface area contributed by atoms with E-state index in [2.05, 4.69) is 15.6 Å². The van der Waals surface area contributed by atoms with E-state index in [9.17, 15) is 14.4 Å². The zero-order valence-electron chi connectivity index (χ0n) is 14.2. The van der Waals surface area contributed by atoms with Crippen LogP contribution in [0, 0.1) is 6.92 Å². The summed E-state index contributed by atoms with van der Waals surface area (Å²) in [4.78, 5) is 35.1. The molecule has 0 heterocycles. The molecule has 0 unspecified atom stereocenters. The lowest BCUT2D eigenvalue weighted by atomic mass is 10.1. The molecule has 0 atom stereocenters. The zero-order valence-corrected chi connectivity index (χ0v) is 14.9. The summed E-state index contributed by atoms with van der Waals surface area (Å²) in [5.74, 6) is -1.04. The number of halogens is 1. The third-order valence-corrected chi connectivity index (χ3v) is 3.61. The van der Waals surface area contributed by atoms with Gasteiger partial charge in [0.2, 0.25) is 0 Å². The van der Waals surface area contributed by atoms with Crippen LogP contribution in [0.5, 0.6) is 5.75 Å². The molecule has 0 aliphatic rings. The Hall–Kier alpha value is -3.06. The van der Waals surface area contributed by atoms with Crippen LogP contribution in [0.15, 0.2) is 42.5 Å². The number of amides is 2. The van der Waals surface area contributed by atoms with Crippen LogP contribution < -0.4 is 15.6 Å². The van der Waals surface area contributed by atoms with Crippen LogP contribution in [0.2, 0.25) is 5.02 Å². The maximum atomic E-state index is 12.0. The average molecular weight is 377 g/mol. The number of carbonyl (C=O) groups is 3. The van der Waals surface area contributed by atoms with Crippen molar-refractivity contribution in [3.63, 3.8) is 0 Å². The molecule has 2 aromatic carbocycles. The molecule has 0 aliphatic heterocycles.